The van der Waals surface area contributed by atoms with Gasteiger partial charge in [-0.3, -0.25) is 9.59 Å². The predicted molar refractivity (Wildman–Crippen MR) is 110 cm³/mol. The first-order valence-electron chi connectivity index (χ1n) is 11.5. The van der Waals surface area contributed by atoms with Gasteiger partial charge in [0.2, 0.25) is 11.8 Å². The largest absolute Gasteiger partial charge is 0.392 e. The molecule has 0 aromatic carbocycles. The molecule has 2 N–H and O–H groups in total. The standard InChI is InChI=1S/C23H40N2O3/c1-6-25(7-2)22(28)14(3)17-10-12-23(5)13-11-18(15(4)19(23)20(17)26)24-21(27)16-8-9-16/h14-20,26H,6-13H2,1-5H3,(H,24,27)/t14-,15+,17?,18-,19+,20-,23-/m0/s1. The highest BCUT2D eigenvalue weighted by atomic mass is 16.3. The Kier molecular flexibility index (Phi) is 6.43. The average Bonchev–Trinajstić information content (AvgIpc) is 3.50. The van der Waals surface area contributed by atoms with Gasteiger partial charge in [0.05, 0.1) is 6.10 Å². The van der Waals surface area contributed by atoms with Gasteiger partial charge in [-0.15, -0.1) is 0 Å². The van der Waals surface area contributed by atoms with Gasteiger partial charge in [-0.1, -0.05) is 20.8 Å². The zero-order valence-corrected chi connectivity index (χ0v) is 18.4. The molecule has 0 aromatic heterocycles. The zero-order valence-electron chi connectivity index (χ0n) is 18.4. The van der Waals surface area contributed by atoms with Crippen LogP contribution < -0.4 is 5.32 Å². The number of aliphatic hydroxyl groups excluding tert-OH is 1. The summed E-state index contributed by atoms with van der Waals surface area (Å²) in [6.07, 6.45) is 5.56. The molecule has 160 valence electrons. The van der Waals surface area contributed by atoms with E-state index in [4.69, 9.17) is 0 Å². The Bertz CT molecular complexity index is 586. The van der Waals surface area contributed by atoms with E-state index in [1.807, 2.05) is 25.7 Å². The minimum atomic E-state index is -0.483. The van der Waals surface area contributed by atoms with E-state index in [1.165, 1.54) is 0 Å². The number of aliphatic hydroxyl groups is 1. The predicted octanol–water partition coefficient (Wildman–Crippen LogP) is 3.21. The molecule has 1 unspecified atom stereocenters. The van der Waals surface area contributed by atoms with Crippen molar-refractivity contribution in [1.82, 2.24) is 10.2 Å². The first-order valence-corrected chi connectivity index (χ1v) is 11.5. The van der Waals surface area contributed by atoms with E-state index in [2.05, 4.69) is 19.2 Å². The third kappa shape index (κ3) is 3.96. The van der Waals surface area contributed by atoms with Gasteiger partial charge in [0.15, 0.2) is 0 Å². The van der Waals surface area contributed by atoms with Crippen LogP contribution in [0.5, 0.6) is 0 Å². The maximum Gasteiger partial charge on any atom is 0.225 e. The van der Waals surface area contributed by atoms with Crippen LogP contribution >= 0.6 is 0 Å². The van der Waals surface area contributed by atoms with Gasteiger partial charge in [0, 0.05) is 31.0 Å². The van der Waals surface area contributed by atoms with E-state index in [0.717, 1.165) is 51.6 Å². The number of carbonyl (C=O) groups excluding carboxylic acids is 2. The summed E-state index contributed by atoms with van der Waals surface area (Å²) in [7, 11) is 0. The molecule has 7 atom stereocenters. The van der Waals surface area contributed by atoms with E-state index >= 15 is 0 Å². The Balaban J connectivity index is 1.73. The Morgan fingerprint density at radius 2 is 1.75 bits per heavy atom. The molecule has 3 aliphatic rings. The van der Waals surface area contributed by atoms with Gasteiger partial charge in [-0.05, 0) is 75.5 Å². The molecule has 0 aliphatic heterocycles. The second kappa shape index (κ2) is 8.33. The molecule has 3 rings (SSSR count). The minimum Gasteiger partial charge on any atom is -0.392 e. The summed E-state index contributed by atoms with van der Waals surface area (Å²) < 4.78 is 0. The molecule has 0 radical (unpaired) electrons. The Hall–Kier alpha value is -1.10. The fourth-order valence-corrected chi connectivity index (χ4v) is 6.15. The van der Waals surface area contributed by atoms with Crippen molar-refractivity contribution in [2.24, 2.45) is 35.0 Å². The maximum absolute atomic E-state index is 12.9. The Labute approximate surface area is 170 Å². The number of rotatable bonds is 6. The van der Waals surface area contributed by atoms with Crippen molar-refractivity contribution in [3.8, 4) is 0 Å². The van der Waals surface area contributed by atoms with Crippen molar-refractivity contribution < 1.29 is 14.7 Å². The summed E-state index contributed by atoms with van der Waals surface area (Å²) in [4.78, 5) is 27.1. The first kappa shape index (κ1) is 21.6. The topological polar surface area (TPSA) is 69.6 Å². The van der Waals surface area contributed by atoms with Gasteiger partial charge in [0.25, 0.3) is 0 Å². The quantitative estimate of drug-likeness (QED) is 0.729. The second-order valence-corrected chi connectivity index (χ2v) is 9.96. The second-order valence-electron chi connectivity index (χ2n) is 9.96. The summed E-state index contributed by atoms with van der Waals surface area (Å²) in [6.45, 7) is 12.0. The van der Waals surface area contributed by atoms with Gasteiger partial charge in [-0.25, -0.2) is 0 Å². The van der Waals surface area contributed by atoms with Crippen molar-refractivity contribution in [2.75, 3.05) is 13.1 Å². The third-order valence-corrected chi connectivity index (χ3v) is 8.27. The van der Waals surface area contributed by atoms with E-state index < -0.39 is 6.10 Å². The molecular weight excluding hydrogens is 352 g/mol. The molecule has 0 spiro atoms. The number of amides is 2. The van der Waals surface area contributed by atoms with E-state index in [9.17, 15) is 14.7 Å². The number of hydrogen-bond donors (Lipinski definition) is 2. The van der Waals surface area contributed by atoms with E-state index in [0.29, 0.717) is 0 Å². The van der Waals surface area contributed by atoms with Crippen LogP contribution in [0.1, 0.15) is 73.1 Å². The lowest BCUT2D eigenvalue weighted by Gasteiger charge is -2.56. The van der Waals surface area contributed by atoms with Crippen molar-refractivity contribution in [3.63, 3.8) is 0 Å². The van der Waals surface area contributed by atoms with Crippen LogP contribution in [0.15, 0.2) is 0 Å². The fraction of sp³-hybridized carbons (Fsp3) is 0.913. The van der Waals surface area contributed by atoms with Crippen molar-refractivity contribution in [1.29, 1.82) is 0 Å². The molecular formula is C23H40N2O3. The molecule has 0 saturated heterocycles. The van der Waals surface area contributed by atoms with Crippen LogP contribution in [0.2, 0.25) is 0 Å². The molecule has 3 aliphatic carbocycles. The zero-order chi connectivity index (χ0) is 20.6. The molecule has 0 bridgehead atoms. The van der Waals surface area contributed by atoms with Crippen LogP contribution in [0.25, 0.3) is 0 Å². The molecule has 3 fully saturated rings. The van der Waals surface area contributed by atoms with Crippen molar-refractivity contribution >= 4 is 11.8 Å². The first-order chi connectivity index (χ1) is 13.2. The number of fused-ring (bicyclic) bond motifs is 1. The molecule has 5 heteroatoms. The van der Waals surface area contributed by atoms with Gasteiger partial charge >= 0.3 is 0 Å². The Morgan fingerprint density at radius 1 is 1.14 bits per heavy atom. The summed E-state index contributed by atoms with van der Waals surface area (Å²) in [5.74, 6) is 0.800. The van der Waals surface area contributed by atoms with Crippen LogP contribution in [0.3, 0.4) is 0 Å². The fourth-order valence-electron chi connectivity index (χ4n) is 6.15. The summed E-state index contributed by atoms with van der Waals surface area (Å²) in [6, 6.07) is 0.147. The van der Waals surface area contributed by atoms with Crippen molar-refractivity contribution in [3.05, 3.63) is 0 Å². The molecule has 3 saturated carbocycles. The number of carbonyl (C=O) groups is 2. The van der Waals surface area contributed by atoms with Gasteiger partial charge < -0.3 is 15.3 Å². The number of nitrogens with one attached hydrogen (secondary N) is 1. The van der Waals surface area contributed by atoms with Crippen molar-refractivity contribution in [2.45, 2.75) is 85.3 Å². The highest BCUT2D eigenvalue weighted by Gasteiger charge is 2.54. The Morgan fingerprint density at radius 3 is 2.32 bits per heavy atom. The van der Waals surface area contributed by atoms with E-state index in [-0.39, 0.29) is 52.9 Å². The molecule has 2 amide bonds. The summed E-state index contributed by atoms with van der Waals surface area (Å²) in [5.41, 5.74) is 0.105. The SMILES string of the molecule is CCN(CC)C(=O)[C@@H](C)C1CC[C@@]2(C)CC[C@H](NC(=O)C3CC3)[C@@H](C)[C@@H]2[C@H]1O. The normalized spacial score (nSPS) is 39.0. The lowest BCUT2D eigenvalue weighted by Crippen LogP contribution is -2.58. The summed E-state index contributed by atoms with van der Waals surface area (Å²) in [5, 5.41) is 14.7. The molecule has 0 heterocycles. The lowest BCUT2D eigenvalue weighted by molar-refractivity contribution is -0.150. The smallest absolute Gasteiger partial charge is 0.225 e. The number of hydrogen-bond acceptors (Lipinski definition) is 3. The third-order valence-electron chi connectivity index (χ3n) is 8.27. The van der Waals surface area contributed by atoms with Crippen LogP contribution in [0, 0.1) is 35.0 Å². The van der Waals surface area contributed by atoms with Gasteiger partial charge in [0.1, 0.15) is 0 Å². The van der Waals surface area contributed by atoms with E-state index in [1.54, 1.807) is 0 Å². The average molecular weight is 393 g/mol. The van der Waals surface area contributed by atoms with Crippen LogP contribution in [-0.4, -0.2) is 47.1 Å². The van der Waals surface area contributed by atoms with Crippen LogP contribution in [0.4, 0.5) is 0 Å². The number of nitrogens with zero attached hydrogens (tertiary/aromatic N) is 1. The monoisotopic (exact) mass is 392 g/mol. The molecule has 28 heavy (non-hydrogen) atoms. The maximum atomic E-state index is 12.9. The molecule has 5 nitrogen and oxygen atoms in total. The highest BCUT2D eigenvalue weighted by Crippen LogP contribution is 2.55. The van der Waals surface area contributed by atoms with Crippen LogP contribution in [-0.2, 0) is 9.59 Å². The minimum absolute atomic E-state index is 0.00603. The summed E-state index contributed by atoms with van der Waals surface area (Å²) >= 11 is 0. The van der Waals surface area contributed by atoms with Gasteiger partial charge in [-0.2, -0.15) is 0 Å². The molecule has 0 aromatic rings. The highest BCUT2D eigenvalue weighted by molar-refractivity contribution is 5.81. The lowest BCUT2D eigenvalue weighted by atomic mass is 9.51.